The highest BCUT2D eigenvalue weighted by Gasteiger charge is 2.35. The summed E-state index contributed by atoms with van der Waals surface area (Å²) in [5, 5.41) is 22.6. The highest BCUT2D eigenvalue weighted by Crippen LogP contribution is 2.40. The van der Waals surface area contributed by atoms with E-state index in [1.54, 1.807) is 4.90 Å². The molecular formula is C35H41N7O2. The first-order valence-electron chi connectivity index (χ1n) is 15.3. The number of nitrogens with zero attached hydrogens (tertiary/aromatic N) is 7. The number of fused-ring (bicyclic) bond motifs is 2. The lowest BCUT2D eigenvalue weighted by molar-refractivity contribution is -0.128. The summed E-state index contributed by atoms with van der Waals surface area (Å²) in [4.78, 5) is 26.0. The van der Waals surface area contributed by atoms with Gasteiger partial charge in [0.05, 0.1) is 36.5 Å². The highest BCUT2D eigenvalue weighted by molar-refractivity contribution is 5.97. The van der Waals surface area contributed by atoms with Crippen molar-refractivity contribution in [3.05, 3.63) is 71.4 Å². The first kappa shape index (κ1) is 30.8. The second-order valence-corrected chi connectivity index (χ2v) is 11.9. The quantitative estimate of drug-likeness (QED) is 0.327. The summed E-state index contributed by atoms with van der Waals surface area (Å²) in [5.41, 5.74) is 5.59. The van der Waals surface area contributed by atoms with Gasteiger partial charge in [-0.15, -0.1) is 0 Å². The number of benzene rings is 2. The molecule has 0 aliphatic carbocycles. The molecule has 1 fully saturated rings. The molecule has 1 amide bonds. The Kier molecular flexibility index (Phi) is 9.37. The Morgan fingerprint density at radius 1 is 1.18 bits per heavy atom. The van der Waals surface area contributed by atoms with E-state index in [0.717, 1.165) is 29.9 Å². The number of hydrogen-bond acceptors (Lipinski definition) is 8. The second-order valence-electron chi connectivity index (χ2n) is 11.9. The molecule has 9 heteroatoms. The molecule has 228 valence electrons. The van der Waals surface area contributed by atoms with Crippen molar-refractivity contribution in [3.63, 3.8) is 0 Å². The number of anilines is 2. The molecule has 0 spiro atoms. The largest absolute Gasteiger partial charge is 0.472 e. The monoisotopic (exact) mass is 591 g/mol. The Labute approximate surface area is 260 Å². The van der Waals surface area contributed by atoms with Crippen molar-refractivity contribution < 1.29 is 9.53 Å². The molecule has 1 aromatic heterocycles. The molecule has 5 rings (SSSR count). The number of hydrogen-bond donors (Lipinski definition) is 0. The Hall–Kier alpha value is -4.60. The van der Waals surface area contributed by atoms with Crippen LogP contribution in [-0.4, -0.2) is 79.7 Å². The van der Waals surface area contributed by atoms with Crippen molar-refractivity contribution in [1.82, 2.24) is 14.8 Å². The molecule has 2 atom stereocenters. The van der Waals surface area contributed by atoms with Crippen molar-refractivity contribution in [2.45, 2.75) is 51.8 Å². The third kappa shape index (κ3) is 6.06. The summed E-state index contributed by atoms with van der Waals surface area (Å²) in [5.74, 6) is 0.175. The van der Waals surface area contributed by atoms with Gasteiger partial charge in [-0.1, -0.05) is 43.8 Å². The number of ether oxygens (including phenoxy) is 1. The van der Waals surface area contributed by atoms with Gasteiger partial charge in [-0.25, -0.2) is 4.98 Å². The Morgan fingerprint density at radius 3 is 2.64 bits per heavy atom. The normalized spacial score (nSPS) is 17.2. The molecular weight excluding hydrogens is 550 g/mol. The first-order chi connectivity index (χ1) is 21.3. The molecule has 0 bridgehead atoms. The molecule has 2 aliphatic heterocycles. The third-order valence-electron chi connectivity index (χ3n) is 8.72. The third-order valence-corrected chi connectivity index (χ3v) is 8.72. The summed E-state index contributed by atoms with van der Waals surface area (Å²) in [7, 11) is 4.01. The molecule has 0 N–H and O–H groups in total. The molecule has 2 aromatic carbocycles. The van der Waals surface area contributed by atoms with Crippen LogP contribution in [0.25, 0.3) is 10.8 Å². The van der Waals surface area contributed by atoms with Gasteiger partial charge in [-0.05, 0) is 57.0 Å². The summed E-state index contributed by atoms with van der Waals surface area (Å²) in [6.07, 6.45) is 2.84. The zero-order chi connectivity index (χ0) is 31.4. The fourth-order valence-corrected chi connectivity index (χ4v) is 6.61. The lowest BCUT2D eigenvalue weighted by Crippen LogP contribution is -2.55. The van der Waals surface area contributed by atoms with Crippen LogP contribution < -0.4 is 14.5 Å². The van der Waals surface area contributed by atoms with Crippen LogP contribution in [0.15, 0.2) is 49.1 Å². The highest BCUT2D eigenvalue weighted by atomic mass is 16.5. The molecule has 1 saturated heterocycles. The lowest BCUT2D eigenvalue weighted by Gasteiger charge is -2.43. The fourth-order valence-electron chi connectivity index (χ4n) is 6.61. The Morgan fingerprint density at radius 2 is 1.95 bits per heavy atom. The molecule has 3 heterocycles. The average molecular weight is 592 g/mol. The minimum Gasteiger partial charge on any atom is -0.472 e. The molecule has 44 heavy (non-hydrogen) atoms. The van der Waals surface area contributed by atoms with E-state index in [-0.39, 0.29) is 24.5 Å². The van der Waals surface area contributed by atoms with Gasteiger partial charge < -0.3 is 24.3 Å². The second kappa shape index (κ2) is 13.4. The molecule has 0 saturated carbocycles. The van der Waals surface area contributed by atoms with E-state index in [0.29, 0.717) is 50.6 Å². The summed E-state index contributed by atoms with van der Waals surface area (Å²) < 4.78 is 6.52. The number of piperazine rings is 1. The van der Waals surface area contributed by atoms with Crippen LogP contribution in [0.5, 0.6) is 5.88 Å². The minimum atomic E-state index is -0.310. The van der Waals surface area contributed by atoms with E-state index >= 15 is 0 Å². The van der Waals surface area contributed by atoms with Gasteiger partial charge in [0.2, 0.25) is 11.8 Å². The zero-order valence-corrected chi connectivity index (χ0v) is 26.2. The number of aryl methyl sites for hydroxylation is 1. The number of aromatic nitrogens is 1. The molecule has 3 aromatic rings. The Bertz CT molecular complexity index is 1630. The maximum atomic E-state index is 12.6. The topological polar surface area (TPSA) is 99.7 Å². The maximum Gasteiger partial charge on any atom is 0.246 e. The average Bonchev–Trinajstić information content (AvgIpc) is 3.03. The van der Waals surface area contributed by atoms with Gasteiger partial charge in [0.15, 0.2) is 0 Å². The zero-order valence-electron chi connectivity index (χ0n) is 26.2. The van der Waals surface area contributed by atoms with Crippen LogP contribution in [0.4, 0.5) is 11.4 Å². The predicted octanol–water partition coefficient (Wildman–Crippen LogP) is 4.81. The molecule has 2 aliphatic rings. The van der Waals surface area contributed by atoms with Crippen molar-refractivity contribution in [2.24, 2.45) is 0 Å². The van der Waals surface area contributed by atoms with E-state index in [1.807, 2.05) is 14.1 Å². The van der Waals surface area contributed by atoms with Gasteiger partial charge in [-0.2, -0.15) is 10.5 Å². The SMILES string of the molecule is C=CC(=O)N1CCN(c2c(C#N)c(OC(CC)CN(C)C)nc3c2CCN(c2cccc4cccc(C)c24)C3)C[C@@H]1CC#N. The van der Waals surface area contributed by atoms with Crippen molar-refractivity contribution >= 4 is 28.1 Å². The van der Waals surface area contributed by atoms with E-state index < -0.39 is 0 Å². The fraction of sp³-hybridized carbons (Fsp3) is 0.429. The number of likely N-dealkylation sites (N-methyl/N-ethyl adjacent to an activating group) is 1. The molecule has 1 unspecified atom stereocenters. The summed E-state index contributed by atoms with van der Waals surface area (Å²) in [6, 6.07) is 17.2. The number of nitriles is 2. The summed E-state index contributed by atoms with van der Waals surface area (Å²) in [6.45, 7) is 11.3. The standard InChI is InChI=1S/C35H41N7O2/c1-6-27(22-39(4)5)44-35-29(20-37)34(41-18-19-42(32(43)7-2)26(21-41)14-16-36)28-15-17-40(23-30(28)38-35)31-13-9-12-25-11-8-10-24(3)33(25)31/h7-13,26-27H,2,6,14-15,17-19,21-23H2,1,3-5H3/t26-,27?/m0/s1. The van der Waals surface area contributed by atoms with Crippen LogP contribution in [0, 0.1) is 29.6 Å². The lowest BCUT2D eigenvalue weighted by atomic mass is 9.95. The van der Waals surface area contributed by atoms with E-state index in [9.17, 15) is 15.3 Å². The number of pyridine rings is 1. The molecule has 9 nitrogen and oxygen atoms in total. The van der Waals surface area contributed by atoms with E-state index in [2.05, 4.69) is 83.7 Å². The Balaban J connectivity index is 1.60. The van der Waals surface area contributed by atoms with Gasteiger partial charge in [0.1, 0.15) is 17.7 Å². The van der Waals surface area contributed by atoms with E-state index in [4.69, 9.17) is 9.72 Å². The van der Waals surface area contributed by atoms with Crippen LogP contribution in [0.3, 0.4) is 0 Å². The van der Waals surface area contributed by atoms with Crippen LogP contribution in [0.1, 0.15) is 42.1 Å². The van der Waals surface area contributed by atoms with Gasteiger partial charge in [0, 0.05) is 49.4 Å². The minimum absolute atomic E-state index is 0.135. The number of amides is 1. The van der Waals surface area contributed by atoms with Crippen LogP contribution in [-0.2, 0) is 17.8 Å². The van der Waals surface area contributed by atoms with Gasteiger partial charge in [-0.3, -0.25) is 4.79 Å². The van der Waals surface area contributed by atoms with Crippen molar-refractivity contribution in [2.75, 3.05) is 56.6 Å². The van der Waals surface area contributed by atoms with E-state index in [1.165, 1.54) is 28.1 Å². The maximum absolute atomic E-state index is 12.6. The summed E-state index contributed by atoms with van der Waals surface area (Å²) >= 11 is 0. The first-order valence-corrected chi connectivity index (χ1v) is 15.3. The number of rotatable bonds is 9. The van der Waals surface area contributed by atoms with Crippen molar-refractivity contribution in [3.8, 4) is 18.0 Å². The number of carbonyl (C=O) groups is 1. The van der Waals surface area contributed by atoms with Crippen LogP contribution >= 0.6 is 0 Å². The van der Waals surface area contributed by atoms with Crippen molar-refractivity contribution in [1.29, 1.82) is 10.5 Å². The van der Waals surface area contributed by atoms with Gasteiger partial charge >= 0.3 is 0 Å². The predicted molar refractivity (Wildman–Crippen MR) is 174 cm³/mol. The van der Waals surface area contributed by atoms with Gasteiger partial charge in [0.25, 0.3) is 0 Å². The molecule has 0 radical (unpaired) electrons. The smallest absolute Gasteiger partial charge is 0.246 e. The van der Waals surface area contributed by atoms with Crippen LogP contribution in [0.2, 0.25) is 0 Å². The number of carbonyl (C=O) groups excluding carboxylic acids is 1.